The fourth-order valence-corrected chi connectivity index (χ4v) is 2.98. The van der Waals surface area contributed by atoms with Gasteiger partial charge in [0, 0.05) is 6.54 Å². The molecule has 0 aromatic heterocycles. The molecule has 31 heavy (non-hydrogen) atoms. The number of nitrogens with one attached hydrogen (secondary N) is 2. The van der Waals surface area contributed by atoms with Crippen LogP contribution in [0.1, 0.15) is 51.4 Å². The van der Waals surface area contributed by atoms with E-state index >= 15 is 0 Å². The molecule has 0 heterocycles. The van der Waals surface area contributed by atoms with Gasteiger partial charge in [-0.15, -0.1) is 0 Å². The molecule has 182 valence electrons. The molecular formula is C20H43N7O4. The fraction of sp³-hybridized carbons (Fsp3) is 0.850. The Balaban J connectivity index is 4.67. The second kappa shape index (κ2) is 20.0. The first kappa shape index (κ1) is 29.1. The molecule has 0 aromatic carbocycles. The molecule has 0 radical (unpaired) electrons. The summed E-state index contributed by atoms with van der Waals surface area (Å²) in [6, 6.07) is -0.381. The van der Waals surface area contributed by atoms with E-state index < -0.39 is 6.09 Å². The molecule has 0 aliphatic heterocycles. The maximum Gasteiger partial charge on any atom is 0.404 e. The zero-order chi connectivity index (χ0) is 23.3. The van der Waals surface area contributed by atoms with Gasteiger partial charge < -0.3 is 43.2 Å². The molecule has 0 saturated heterocycles. The Bertz CT molecular complexity index is 494. The molecule has 1 unspecified atom stereocenters. The SMILES string of the molecule is NCCCCCNCC(=O)N(CCCCN)CC(=O)NC(CCCCN)COC(N)=O. The first-order chi connectivity index (χ1) is 14.9. The van der Waals surface area contributed by atoms with Crippen LogP contribution in [0.4, 0.5) is 4.79 Å². The normalized spacial score (nSPS) is 11.7. The summed E-state index contributed by atoms with van der Waals surface area (Å²) in [6.07, 6.45) is 5.69. The van der Waals surface area contributed by atoms with E-state index in [1.54, 1.807) is 0 Å². The number of carbonyl (C=O) groups excluding carboxylic acids is 3. The minimum absolute atomic E-state index is 0.0167. The number of rotatable bonds is 20. The molecule has 0 saturated carbocycles. The molecule has 0 aliphatic carbocycles. The van der Waals surface area contributed by atoms with Crippen molar-refractivity contribution in [3.8, 4) is 0 Å². The number of nitrogens with two attached hydrogens (primary N) is 4. The predicted octanol–water partition coefficient (Wildman–Crippen LogP) is -1.02. The van der Waals surface area contributed by atoms with Crippen molar-refractivity contribution < 1.29 is 19.1 Å². The van der Waals surface area contributed by atoms with Crippen LogP contribution in [-0.4, -0.2) is 81.3 Å². The highest BCUT2D eigenvalue weighted by Crippen LogP contribution is 2.03. The van der Waals surface area contributed by atoms with E-state index in [-0.39, 0.29) is 37.6 Å². The maximum atomic E-state index is 12.6. The average molecular weight is 446 g/mol. The smallest absolute Gasteiger partial charge is 0.404 e. The highest BCUT2D eigenvalue weighted by molar-refractivity contribution is 5.85. The Morgan fingerprint density at radius 3 is 2.16 bits per heavy atom. The van der Waals surface area contributed by atoms with Crippen LogP contribution in [0.3, 0.4) is 0 Å². The highest BCUT2D eigenvalue weighted by atomic mass is 16.5. The summed E-state index contributed by atoms with van der Waals surface area (Å²) >= 11 is 0. The van der Waals surface area contributed by atoms with Crippen LogP contribution in [0.2, 0.25) is 0 Å². The second-order valence-corrected chi connectivity index (χ2v) is 7.52. The second-order valence-electron chi connectivity index (χ2n) is 7.52. The van der Waals surface area contributed by atoms with Gasteiger partial charge in [0.15, 0.2) is 0 Å². The summed E-state index contributed by atoms with van der Waals surface area (Å²) in [7, 11) is 0. The summed E-state index contributed by atoms with van der Waals surface area (Å²) in [6.45, 7) is 3.00. The van der Waals surface area contributed by atoms with Gasteiger partial charge in [-0.25, -0.2) is 4.79 Å². The van der Waals surface area contributed by atoms with Crippen LogP contribution in [0.25, 0.3) is 0 Å². The van der Waals surface area contributed by atoms with Gasteiger partial charge >= 0.3 is 6.09 Å². The molecule has 0 rings (SSSR count). The lowest BCUT2D eigenvalue weighted by Crippen LogP contribution is -2.48. The number of carbonyl (C=O) groups is 3. The van der Waals surface area contributed by atoms with Crippen molar-refractivity contribution in [2.24, 2.45) is 22.9 Å². The monoisotopic (exact) mass is 445 g/mol. The number of primary amides is 1. The van der Waals surface area contributed by atoms with Crippen molar-refractivity contribution in [3.05, 3.63) is 0 Å². The van der Waals surface area contributed by atoms with Crippen LogP contribution in [0.5, 0.6) is 0 Å². The van der Waals surface area contributed by atoms with E-state index in [1.165, 1.54) is 4.90 Å². The molecule has 0 aromatic rings. The van der Waals surface area contributed by atoms with Crippen molar-refractivity contribution in [2.75, 3.05) is 52.4 Å². The molecular weight excluding hydrogens is 402 g/mol. The zero-order valence-corrected chi connectivity index (χ0v) is 18.8. The van der Waals surface area contributed by atoms with Crippen molar-refractivity contribution in [1.82, 2.24) is 15.5 Å². The zero-order valence-electron chi connectivity index (χ0n) is 18.8. The van der Waals surface area contributed by atoms with Crippen LogP contribution < -0.4 is 33.6 Å². The lowest BCUT2D eigenvalue weighted by atomic mass is 10.1. The standard InChI is InChI=1S/C20H43N7O4/c21-9-3-1-6-12-25-14-19(29)27(13-7-5-11-23)15-18(28)26-17(8-2-4-10-22)16-31-20(24)30/h17,25H,1-16,21-23H2,(H2,24,30)(H,26,28). The van der Waals surface area contributed by atoms with E-state index in [0.717, 1.165) is 51.5 Å². The summed E-state index contributed by atoms with van der Waals surface area (Å²) < 4.78 is 4.84. The maximum absolute atomic E-state index is 12.6. The number of amides is 3. The third-order valence-electron chi connectivity index (χ3n) is 4.70. The van der Waals surface area contributed by atoms with Crippen molar-refractivity contribution >= 4 is 17.9 Å². The Labute approximate surface area is 185 Å². The largest absolute Gasteiger partial charge is 0.448 e. The van der Waals surface area contributed by atoms with Crippen LogP contribution in [0, 0.1) is 0 Å². The molecule has 10 N–H and O–H groups in total. The van der Waals surface area contributed by atoms with Gasteiger partial charge in [-0.3, -0.25) is 9.59 Å². The van der Waals surface area contributed by atoms with Gasteiger partial charge in [-0.1, -0.05) is 12.8 Å². The van der Waals surface area contributed by atoms with Crippen LogP contribution >= 0.6 is 0 Å². The van der Waals surface area contributed by atoms with Gasteiger partial charge in [0.25, 0.3) is 0 Å². The average Bonchev–Trinajstić information content (AvgIpc) is 2.73. The Morgan fingerprint density at radius 2 is 1.52 bits per heavy atom. The lowest BCUT2D eigenvalue weighted by molar-refractivity contribution is -0.135. The fourth-order valence-electron chi connectivity index (χ4n) is 2.98. The highest BCUT2D eigenvalue weighted by Gasteiger charge is 2.19. The summed E-state index contributed by atoms with van der Waals surface area (Å²) in [5.74, 6) is -0.450. The summed E-state index contributed by atoms with van der Waals surface area (Å²) in [5, 5.41) is 5.96. The van der Waals surface area contributed by atoms with Gasteiger partial charge in [0.2, 0.25) is 11.8 Å². The Kier molecular flexibility index (Phi) is 18.7. The number of unbranched alkanes of at least 4 members (excludes halogenated alkanes) is 4. The number of hydrogen-bond donors (Lipinski definition) is 6. The van der Waals surface area contributed by atoms with Gasteiger partial charge in [0.1, 0.15) is 6.61 Å². The molecule has 0 spiro atoms. The molecule has 11 nitrogen and oxygen atoms in total. The number of hydrogen-bond acceptors (Lipinski definition) is 8. The number of ether oxygens (including phenoxy) is 1. The minimum Gasteiger partial charge on any atom is -0.448 e. The van der Waals surface area contributed by atoms with E-state index in [2.05, 4.69) is 10.6 Å². The lowest BCUT2D eigenvalue weighted by Gasteiger charge is -2.24. The predicted molar refractivity (Wildman–Crippen MR) is 121 cm³/mol. The quantitative estimate of drug-likeness (QED) is 0.128. The molecule has 11 heteroatoms. The van der Waals surface area contributed by atoms with Crippen molar-refractivity contribution in [3.63, 3.8) is 0 Å². The molecule has 1 atom stereocenters. The summed E-state index contributed by atoms with van der Waals surface area (Å²) in [5.41, 5.74) is 21.6. The molecule has 3 amide bonds. The minimum atomic E-state index is -0.894. The van der Waals surface area contributed by atoms with E-state index in [0.29, 0.717) is 32.6 Å². The summed E-state index contributed by atoms with van der Waals surface area (Å²) in [4.78, 5) is 37.6. The molecule has 0 bridgehead atoms. The first-order valence-electron chi connectivity index (χ1n) is 11.2. The first-order valence-corrected chi connectivity index (χ1v) is 11.2. The topological polar surface area (TPSA) is 192 Å². The molecule has 0 aliphatic rings. The Hall–Kier alpha value is -1.95. The van der Waals surface area contributed by atoms with Crippen molar-refractivity contribution in [2.45, 2.75) is 57.4 Å². The Morgan fingerprint density at radius 1 is 0.871 bits per heavy atom. The third kappa shape index (κ3) is 17.4. The van der Waals surface area contributed by atoms with Crippen LogP contribution in [0.15, 0.2) is 0 Å². The number of nitrogens with zero attached hydrogens (tertiary/aromatic N) is 1. The van der Waals surface area contributed by atoms with Gasteiger partial charge in [0.05, 0.1) is 19.1 Å². The van der Waals surface area contributed by atoms with E-state index in [4.69, 9.17) is 27.7 Å². The van der Waals surface area contributed by atoms with Gasteiger partial charge in [-0.2, -0.15) is 0 Å². The third-order valence-corrected chi connectivity index (χ3v) is 4.70. The van der Waals surface area contributed by atoms with E-state index in [1.807, 2.05) is 0 Å². The van der Waals surface area contributed by atoms with Gasteiger partial charge in [-0.05, 0) is 64.7 Å². The van der Waals surface area contributed by atoms with Crippen molar-refractivity contribution in [1.29, 1.82) is 0 Å². The van der Waals surface area contributed by atoms with E-state index in [9.17, 15) is 14.4 Å². The molecule has 0 fully saturated rings. The van der Waals surface area contributed by atoms with Crippen LogP contribution in [-0.2, 0) is 14.3 Å².